The third-order valence-corrected chi connectivity index (χ3v) is 2.98. The predicted octanol–water partition coefficient (Wildman–Crippen LogP) is 2.71. The van der Waals surface area contributed by atoms with Crippen LogP contribution in [0, 0.1) is 0 Å². The van der Waals surface area contributed by atoms with Crippen molar-refractivity contribution >= 4 is 18.5 Å². The van der Waals surface area contributed by atoms with E-state index in [0.29, 0.717) is 5.82 Å². The summed E-state index contributed by atoms with van der Waals surface area (Å²) in [5.41, 5.74) is 4.35. The minimum absolute atomic E-state index is 0.588. The van der Waals surface area contributed by atoms with E-state index >= 15 is 0 Å². The van der Waals surface area contributed by atoms with Gasteiger partial charge in [-0.2, -0.15) is 0 Å². The molecule has 0 aromatic heterocycles. The Bertz CT molecular complexity index is 438. The van der Waals surface area contributed by atoms with E-state index in [1.807, 2.05) is 0 Å². The van der Waals surface area contributed by atoms with Crippen LogP contribution in [0.2, 0.25) is 5.82 Å². The molecule has 1 aliphatic carbocycles. The van der Waals surface area contributed by atoms with E-state index in [1.54, 1.807) is 5.57 Å². The maximum atomic E-state index is 2.29. The van der Waals surface area contributed by atoms with Gasteiger partial charge < -0.3 is 0 Å². The average molecular weight is 178 g/mol. The molecule has 1 unspecified atom stereocenters. The first kappa shape index (κ1) is 7.99. The number of rotatable bonds is 1. The summed E-state index contributed by atoms with van der Waals surface area (Å²) in [6.45, 7) is 2.29. The number of fused-ring (bicyclic) bond motifs is 1. The van der Waals surface area contributed by atoms with Crippen molar-refractivity contribution in [3.63, 3.8) is 0 Å². The molecule has 1 heteroatoms. The molecule has 0 N–H and O–H groups in total. The molecule has 0 spiro atoms. The second-order valence-corrected chi connectivity index (χ2v) is 3.82. The number of allylic oxidation sites excluding steroid dienone is 4. The monoisotopic (exact) mass is 178 g/mol. The van der Waals surface area contributed by atoms with Crippen LogP contribution in [0.3, 0.4) is 0 Å². The van der Waals surface area contributed by atoms with Crippen LogP contribution in [0.1, 0.15) is 12.0 Å². The molecule has 2 aliphatic rings. The van der Waals surface area contributed by atoms with Crippen LogP contribution in [-0.2, 0) is 0 Å². The number of hydrogen-bond donors (Lipinski definition) is 0. The zero-order valence-electron chi connectivity index (χ0n) is 7.98. The van der Waals surface area contributed by atoms with Crippen molar-refractivity contribution in [1.82, 2.24) is 0 Å². The fourth-order valence-electron chi connectivity index (χ4n) is 2.27. The summed E-state index contributed by atoms with van der Waals surface area (Å²) in [6, 6.07) is 10.7. The van der Waals surface area contributed by atoms with Crippen molar-refractivity contribution in [1.29, 1.82) is 0 Å². The van der Waals surface area contributed by atoms with E-state index in [9.17, 15) is 0 Å². The third kappa shape index (κ3) is 1.12. The fraction of sp³-hybridized carbons (Fsp3) is 0.154. The fourth-order valence-corrected chi connectivity index (χ4v) is 2.27. The van der Waals surface area contributed by atoms with E-state index in [2.05, 4.69) is 55.4 Å². The van der Waals surface area contributed by atoms with Gasteiger partial charge in [0.15, 0.2) is 0 Å². The van der Waals surface area contributed by atoms with Gasteiger partial charge in [0.05, 0.1) is 0 Å². The molecule has 0 fully saturated rings. The molecule has 1 heterocycles. The summed E-state index contributed by atoms with van der Waals surface area (Å²) in [7, 11) is 0. The summed E-state index contributed by atoms with van der Waals surface area (Å²) < 4.78 is 0. The van der Waals surface area contributed by atoms with Crippen LogP contribution in [0.25, 0.3) is 5.57 Å². The molecule has 1 aromatic carbocycles. The van der Waals surface area contributed by atoms with Crippen LogP contribution >= 0.6 is 0 Å². The van der Waals surface area contributed by atoms with Gasteiger partial charge in [0, 0.05) is 0 Å². The predicted molar refractivity (Wildman–Crippen MR) is 62.7 cm³/mol. The van der Waals surface area contributed by atoms with Gasteiger partial charge in [0.2, 0.25) is 0 Å². The van der Waals surface area contributed by atoms with Crippen molar-refractivity contribution in [2.24, 2.45) is 0 Å². The van der Waals surface area contributed by atoms with Crippen LogP contribution in [0.4, 0.5) is 0 Å². The average Bonchev–Trinajstić information content (AvgIpc) is 2.79. The van der Waals surface area contributed by atoms with Crippen LogP contribution in [0.15, 0.2) is 48.1 Å². The molecular formula is C13H11B. The minimum atomic E-state index is 0.588. The molecule has 0 nitrogen and oxygen atoms in total. The maximum absolute atomic E-state index is 2.29. The first-order valence-corrected chi connectivity index (χ1v) is 5.08. The Labute approximate surface area is 84.9 Å². The summed E-state index contributed by atoms with van der Waals surface area (Å²) in [6.07, 6.45) is 5.69. The summed E-state index contributed by atoms with van der Waals surface area (Å²) >= 11 is 0. The second-order valence-electron chi connectivity index (χ2n) is 3.82. The van der Waals surface area contributed by atoms with Crippen molar-refractivity contribution in [2.45, 2.75) is 12.2 Å². The zero-order valence-corrected chi connectivity index (χ0v) is 7.98. The molecule has 0 saturated carbocycles. The Morgan fingerprint density at radius 3 is 2.86 bits per heavy atom. The van der Waals surface area contributed by atoms with Gasteiger partial charge in [-0.25, -0.2) is 0 Å². The van der Waals surface area contributed by atoms with Gasteiger partial charge in [-0.15, -0.1) is 0 Å². The third-order valence-electron chi connectivity index (χ3n) is 2.98. The van der Waals surface area contributed by atoms with E-state index in [1.165, 1.54) is 11.1 Å². The molecule has 1 atom stereocenters. The van der Waals surface area contributed by atoms with E-state index in [4.69, 9.17) is 0 Å². The van der Waals surface area contributed by atoms with E-state index < -0.39 is 0 Å². The number of benzene rings is 1. The topological polar surface area (TPSA) is 0 Å². The number of hydrogen-bond acceptors (Lipinski definition) is 0. The van der Waals surface area contributed by atoms with Gasteiger partial charge in [0.1, 0.15) is 0 Å². The van der Waals surface area contributed by atoms with E-state index in [-0.39, 0.29) is 0 Å². The van der Waals surface area contributed by atoms with Crippen molar-refractivity contribution < 1.29 is 0 Å². The van der Waals surface area contributed by atoms with E-state index in [0.717, 1.165) is 6.42 Å². The molecule has 0 bridgehead atoms. The summed E-state index contributed by atoms with van der Waals surface area (Å²) in [4.78, 5) is 0. The molecule has 0 amide bonds. The molecule has 1 aliphatic heterocycles. The molecule has 0 saturated heterocycles. The van der Waals surface area contributed by atoms with Crippen LogP contribution < -0.4 is 0 Å². The Balaban J connectivity index is 2.09. The van der Waals surface area contributed by atoms with Crippen molar-refractivity contribution in [3.05, 3.63) is 53.6 Å². The Hall–Kier alpha value is -1.37. The van der Waals surface area contributed by atoms with Gasteiger partial charge in [-0.3, -0.25) is 0 Å². The molecule has 3 rings (SSSR count). The normalized spacial score (nSPS) is 22.7. The first-order chi connectivity index (χ1) is 6.95. The Morgan fingerprint density at radius 1 is 1.14 bits per heavy atom. The van der Waals surface area contributed by atoms with Crippen LogP contribution in [-0.4, -0.2) is 12.9 Å². The molecule has 1 aromatic rings. The summed E-state index contributed by atoms with van der Waals surface area (Å²) in [5, 5.41) is 0. The quantitative estimate of drug-likeness (QED) is 0.458. The Morgan fingerprint density at radius 2 is 2.00 bits per heavy atom. The zero-order chi connectivity index (χ0) is 9.38. The second kappa shape index (κ2) is 3.09. The van der Waals surface area contributed by atoms with Gasteiger partial charge in [0.25, 0.3) is 0 Å². The first-order valence-electron chi connectivity index (χ1n) is 5.08. The van der Waals surface area contributed by atoms with Crippen molar-refractivity contribution in [3.8, 4) is 0 Å². The Kier molecular flexibility index (Phi) is 1.76. The van der Waals surface area contributed by atoms with Crippen molar-refractivity contribution in [2.75, 3.05) is 0 Å². The standard InChI is InChI=1S/C13H11B/c1-2-5-10(6-3-1)12-9-14-13-8-4-7-11(12)13/h1-6,8-9,13H,7H2. The summed E-state index contributed by atoms with van der Waals surface area (Å²) in [5.74, 6) is 2.85. The van der Waals surface area contributed by atoms with Gasteiger partial charge in [-0.05, 0) is 0 Å². The van der Waals surface area contributed by atoms with Gasteiger partial charge in [-0.1, -0.05) is 0 Å². The molecule has 0 radical (unpaired) electrons. The molecular weight excluding hydrogens is 167 g/mol. The van der Waals surface area contributed by atoms with Crippen LogP contribution in [0.5, 0.6) is 0 Å². The van der Waals surface area contributed by atoms with Gasteiger partial charge >= 0.3 is 84.3 Å². The molecule has 14 heavy (non-hydrogen) atoms. The SMILES string of the molecule is B1=CC(c2ccccc2)=C2CC=CC12. The molecule has 66 valence electrons.